The zero-order valence-electron chi connectivity index (χ0n) is 12.3. The van der Waals surface area contributed by atoms with Crippen molar-refractivity contribution in [2.75, 3.05) is 13.2 Å². The number of hydroxylamine groups is 2. The van der Waals surface area contributed by atoms with Crippen molar-refractivity contribution in [2.45, 2.75) is 38.4 Å². The molecule has 116 valence electrons. The second kappa shape index (κ2) is 5.90. The number of hydrogen-bond acceptors (Lipinski definition) is 5. The molecule has 1 unspecified atom stereocenters. The van der Waals surface area contributed by atoms with Crippen LogP contribution in [0.5, 0.6) is 0 Å². The fourth-order valence-corrected chi connectivity index (χ4v) is 2.24. The monoisotopic (exact) mass is 358 g/mol. The van der Waals surface area contributed by atoms with Crippen molar-refractivity contribution in [1.82, 2.24) is 10.0 Å². The number of aromatic nitrogens is 1. The number of ether oxygens (including phenoxy) is 1. The van der Waals surface area contributed by atoms with Gasteiger partial charge in [-0.1, -0.05) is 6.07 Å². The van der Waals surface area contributed by atoms with Gasteiger partial charge in [0.1, 0.15) is 15.8 Å². The summed E-state index contributed by atoms with van der Waals surface area (Å²) in [6.45, 7) is 5.57. The zero-order valence-corrected chi connectivity index (χ0v) is 13.9. The third kappa shape index (κ3) is 4.15. The van der Waals surface area contributed by atoms with E-state index < -0.39 is 17.3 Å². The Morgan fingerprint density at radius 3 is 2.81 bits per heavy atom. The summed E-state index contributed by atoms with van der Waals surface area (Å²) in [5.74, 6) is 0. The molecular weight excluding hydrogens is 340 g/mol. The summed E-state index contributed by atoms with van der Waals surface area (Å²) >= 11 is 3.25. The minimum atomic E-state index is -1.19. The Hall–Kier alpha value is -1.18. The number of aliphatic hydroxyl groups is 1. The maximum atomic E-state index is 12.0. The van der Waals surface area contributed by atoms with E-state index in [4.69, 9.17) is 9.57 Å². The van der Waals surface area contributed by atoms with E-state index in [2.05, 4.69) is 20.9 Å². The van der Waals surface area contributed by atoms with Crippen molar-refractivity contribution in [3.8, 4) is 0 Å². The van der Waals surface area contributed by atoms with Gasteiger partial charge < -0.3 is 9.84 Å². The van der Waals surface area contributed by atoms with Crippen LogP contribution >= 0.6 is 15.9 Å². The van der Waals surface area contributed by atoms with Gasteiger partial charge in [0.2, 0.25) is 0 Å². The molecule has 0 bridgehead atoms. The van der Waals surface area contributed by atoms with Crippen molar-refractivity contribution in [3.63, 3.8) is 0 Å². The van der Waals surface area contributed by atoms with Crippen LogP contribution in [0.4, 0.5) is 4.79 Å². The molecule has 0 radical (unpaired) electrons. The lowest BCUT2D eigenvalue weighted by atomic mass is 9.91. The first kappa shape index (κ1) is 16.2. The Balaban J connectivity index is 2.12. The topological polar surface area (TPSA) is 71.9 Å². The molecular formula is C14H19BrN2O4. The molecule has 1 aliphatic rings. The second-order valence-electron chi connectivity index (χ2n) is 6.00. The maximum Gasteiger partial charge on any atom is 0.434 e. The van der Waals surface area contributed by atoms with E-state index in [1.165, 1.54) is 0 Å². The Labute approximate surface area is 132 Å². The number of β-amino-alcohol motifs (C(OH)–C–C–N with tert-alkyl or cyclic N) is 1. The molecule has 0 saturated carbocycles. The highest BCUT2D eigenvalue weighted by Crippen LogP contribution is 2.30. The number of nitrogens with zero attached hydrogens (tertiary/aromatic N) is 2. The summed E-state index contributed by atoms with van der Waals surface area (Å²) in [4.78, 5) is 21.4. The van der Waals surface area contributed by atoms with Crippen LogP contribution in [0.2, 0.25) is 0 Å². The molecule has 1 aromatic heterocycles. The van der Waals surface area contributed by atoms with Gasteiger partial charge in [0, 0.05) is 18.2 Å². The molecule has 0 aromatic carbocycles. The van der Waals surface area contributed by atoms with Crippen LogP contribution in [0.3, 0.4) is 0 Å². The first-order chi connectivity index (χ1) is 9.70. The number of pyridine rings is 1. The molecule has 1 fully saturated rings. The molecule has 0 aliphatic carbocycles. The highest BCUT2D eigenvalue weighted by Gasteiger charge is 2.39. The first-order valence-corrected chi connectivity index (χ1v) is 7.47. The van der Waals surface area contributed by atoms with Gasteiger partial charge >= 0.3 is 6.09 Å². The number of carbonyl (C=O) groups excluding carboxylic acids is 1. The summed E-state index contributed by atoms with van der Waals surface area (Å²) in [6.07, 6.45) is 1.36. The highest BCUT2D eigenvalue weighted by atomic mass is 79.9. The predicted molar refractivity (Wildman–Crippen MR) is 79.3 cm³/mol. The lowest BCUT2D eigenvalue weighted by molar-refractivity contribution is -0.219. The van der Waals surface area contributed by atoms with Gasteiger partial charge in [0.05, 0.1) is 13.2 Å². The van der Waals surface area contributed by atoms with E-state index in [0.717, 1.165) is 5.06 Å². The molecule has 2 rings (SSSR count). The van der Waals surface area contributed by atoms with Gasteiger partial charge in [-0.25, -0.2) is 9.78 Å². The number of carbonyl (C=O) groups is 1. The fourth-order valence-electron chi connectivity index (χ4n) is 2.00. The van der Waals surface area contributed by atoms with E-state index >= 15 is 0 Å². The molecule has 7 heteroatoms. The molecule has 1 saturated heterocycles. The molecule has 1 aliphatic heterocycles. The Morgan fingerprint density at radius 1 is 1.52 bits per heavy atom. The lowest BCUT2D eigenvalue weighted by Gasteiger charge is -2.38. The SMILES string of the molecule is CC(C)(C)OC(=O)N1CC(O)(c2ccc(Br)nc2)CCO1. The third-order valence-corrected chi connectivity index (χ3v) is 3.50. The lowest BCUT2D eigenvalue weighted by Crippen LogP contribution is -2.50. The van der Waals surface area contributed by atoms with Crippen LogP contribution in [0.1, 0.15) is 32.8 Å². The van der Waals surface area contributed by atoms with Crippen molar-refractivity contribution in [1.29, 1.82) is 0 Å². The minimum Gasteiger partial charge on any atom is -0.442 e. The number of hydrogen-bond donors (Lipinski definition) is 1. The molecule has 2 heterocycles. The summed E-state index contributed by atoms with van der Waals surface area (Å²) in [5, 5.41) is 11.8. The molecule has 6 nitrogen and oxygen atoms in total. The summed E-state index contributed by atoms with van der Waals surface area (Å²) in [6, 6.07) is 3.52. The predicted octanol–water partition coefficient (Wildman–Crippen LogP) is 2.60. The van der Waals surface area contributed by atoms with Gasteiger partial charge in [-0.2, -0.15) is 5.06 Å². The van der Waals surface area contributed by atoms with Crippen LogP contribution in [0, 0.1) is 0 Å². The average Bonchev–Trinajstić information content (AvgIpc) is 2.37. The van der Waals surface area contributed by atoms with Crippen molar-refractivity contribution >= 4 is 22.0 Å². The Bertz CT molecular complexity index is 515. The standard InChI is InChI=1S/C14H19BrN2O4/c1-13(2,3)21-12(18)17-9-14(19,6-7-20-17)10-4-5-11(15)16-8-10/h4-5,8,19H,6-7,9H2,1-3H3. The van der Waals surface area contributed by atoms with E-state index in [1.54, 1.807) is 39.1 Å². The normalized spacial score (nSPS) is 23.0. The maximum absolute atomic E-state index is 12.0. The van der Waals surface area contributed by atoms with Crippen LogP contribution in [0.25, 0.3) is 0 Å². The molecule has 1 aromatic rings. The average molecular weight is 359 g/mol. The second-order valence-corrected chi connectivity index (χ2v) is 6.81. The smallest absolute Gasteiger partial charge is 0.434 e. The molecule has 1 N–H and O–H groups in total. The highest BCUT2D eigenvalue weighted by molar-refractivity contribution is 9.10. The number of rotatable bonds is 1. The minimum absolute atomic E-state index is 0.00518. The van der Waals surface area contributed by atoms with Gasteiger partial charge in [-0.3, -0.25) is 4.84 Å². The van der Waals surface area contributed by atoms with E-state index in [9.17, 15) is 9.90 Å². The van der Waals surface area contributed by atoms with Gasteiger partial charge in [-0.15, -0.1) is 0 Å². The van der Waals surface area contributed by atoms with E-state index in [1.807, 2.05) is 0 Å². The van der Waals surface area contributed by atoms with Crippen molar-refractivity contribution < 1.29 is 19.5 Å². The van der Waals surface area contributed by atoms with E-state index in [-0.39, 0.29) is 13.2 Å². The van der Waals surface area contributed by atoms with Gasteiger partial charge in [0.15, 0.2) is 0 Å². The summed E-state index contributed by atoms with van der Waals surface area (Å²) in [5.41, 5.74) is -1.17. The van der Waals surface area contributed by atoms with Crippen LogP contribution < -0.4 is 0 Å². The van der Waals surface area contributed by atoms with Crippen molar-refractivity contribution in [3.05, 3.63) is 28.5 Å². The fraction of sp³-hybridized carbons (Fsp3) is 0.571. The quantitative estimate of drug-likeness (QED) is 0.781. The summed E-state index contributed by atoms with van der Waals surface area (Å²) < 4.78 is 5.94. The van der Waals surface area contributed by atoms with Crippen LogP contribution in [-0.2, 0) is 15.2 Å². The number of amides is 1. The summed E-state index contributed by atoms with van der Waals surface area (Å²) in [7, 11) is 0. The number of halogens is 1. The molecule has 21 heavy (non-hydrogen) atoms. The molecule has 1 atom stereocenters. The van der Waals surface area contributed by atoms with Crippen molar-refractivity contribution in [2.24, 2.45) is 0 Å². The largest absolute Gasteiger partial charge is 0.442 e. The Morgan fingerprint density at radius 2 is 2.24 bits per heavy atom. The first-order valence-electron chi connectivity index (χ1n) is 6.67. The molecule has 0 spiro atoms. The van der Waals surface area contributed by atoms with Gasteiger partial charge in [0.25, 0.3) is 0 Å². The van der Waals surface area contributed by atoms with E-state index in [0.29, 0.717) is 16.6 Å². The zero-order chi connectivity index (χ0) is 15.7. The Kier molecular flexibility index (Phi) is 4.55. The van der Waals surface area contributed by atoms with Crippen LogP contribution in [0.15, 0.2) is 22.9 Å². The third-order valence-electron chi connectivity index (χ3n) is 3.03. The van der Waals surface area contributed by atoms with Crippen LogP contribution in [-0.4, -0.2) is 40.0 Å². The molecule has 1 amide bonds. The van der Waals surface area contributed by atoms with Gasteiger partial charge in [-0.05, 0) is 42.8 Å².